The summed E-state index contributed by atoms with van der Waals surface area (Å²) in [5.74, 6) is 0. The van der Waals surface area contributed by atoms with Gasteiger partial charge in [0.2, 0.25) is 6.41 Å². The summed E-state index contributed by atoms with van der Waals surface area (Å²) in [4.78, 5) is 9.68. The van der Waals surface area contributed by atoms with Gasteiger partial charge in [0.05, 0.1) is 0 Å². The van der Waals surface area contributed by atoms with Crippen LogP contribution in [0.25, 0.3) is 0 Å². The highest BCUT2D eigenvalue weighted by Gasteiger charge is 1.88. The number of amides is 1. The molecular weight excluding hydrogens is 108 g/mol. The second kappa shape index (κ2) is 4.55. The number of carbonyl (C=O) groups excluding carboxylic acids is 1. The van der Waals surface area contributed by atoms with E-state index in [2.05, 4.69) is 10.2 Å². The summed E-state index contributed by atoms with van der Waals surface area (Å²) in [7, 11) is 3.26. The van der Waals surface area contributed by atoms with Crippen molar-refractivity contribution in [2.45, 2.75) is 0 Å². The number of ether oxygens (including phenoxy) is 1. The molecule has 0 unspecified atom stereocenters. The Hall–Kier alpha value is -0.610. The van der Waals surface area contributed by atoms with Gasteiger partial charge in [-0.05, 0) is 0 Å². The lowest BCUT2D eigenvalue weighted by Crippen LogP contribution is -2.34. The summed E-state index contributed by atoms with van der Waals surface area (Å²) >= 11 is 0. The lowest BCUT2D eigenvalue weighted by Gasteiger charge is -2.11. The predicted molar refractivity (Wildman–Crippen MR) is 28.8 cm³/mol. The van der Waals surface area contributed by atoms with Gasteiger partial charge in [-0.15, -0.1) is 0 Å². The summed E-state index contributed by atoms with van der Waals surface area (Å²) < 4.78 is 4.66. The monoisotopic (exact) mass is 118 g/mol. The number of hydrogen-bond acceptors (Lipinski definition) is 3. The van der Waals surface area contributed by atoms with Gasteiger partial charge in [0.25, 0.3) is 0 Å². The van der Waals surface area contributed by atoms with E-state index in [9.17, 15) is 4.79 Å². The number of carbonyl (C=O) groups is 1. The Balaban J connectivity index is 3.03. The van der Waals surface area contributed by atoms with E-state index >= 15 is 0 Å². The van der Waals surface area contributed by atoms with E-state index in [1.807, 2.05) is 0 Å². The molecule has 0 bridgehead atoms. The maximum atomic E-state index is 9.68. The van der Waals surface area contributed by atoms with Crippen LogP contribution < -0.4 is 5.43 Å². The zero-order valence-electron chi connectivity index (χ0n) is 5.05. The minimum absolute atomic E-state index is 0.402. The van der Waals surface area contributed by atoms with Crippen molar-refractivity contribution in [3.8, 4) is 0 Å². The molecule has 0 aliphatic rings. The van der Waals surface area contributed by atoms with Gasteiger partial charge in [0, 0.05) is 14.2 Å². The van der Waals surface area contributed by atoms with E-state index in [1.54, 1.807) is 14.2 Å². The molecule has 8 heavy (non-hydrogen) atoms. The molecular formula is C4H10N2O2. The molecule has 48 valence electrons. The number of hydrogen-bond donors (Lipinski definition) is 1. The van der Waals surface area contributed by atoms with E-state index < -0.39 is 0 Å². The second-order valence-corrected chi connectivity index (χ2v) is 1.36. The maximum absolute atomic E-state index is 9.68. The molecule has 0 radical (unpaired) electrons. The topological polar surface area (TPSA) is 41.6 Å². The smallest absolute Gasteiger partial charge is 0.221 e. The summed E-state index contributed by atoms with van der Waals surface area (Å²) in [5, 5.41) is 1.52. The Morgan fingerprint density at radius 1 is 1.88 bits per heavy atom. The van der Waals surface area contributed by atoms with Crippen molar-refractivity contribution in [3.05, 3.63) is 0 Å². The molecule has 4 heteroatoms. The van der Waals surface area contributed by atoms with Crippen molar-refractivity contribution in [1.82, 2.24) is 10.4 Å². The van der Waals surface area contributed by atoms with Crippen LogP contribution in [0.2, 0.25) is 0 Å². The average Bonchev–Trinajstić information content (AvgIpc) is 1.68. The zero-order valence-corrected chi connectivity index (χ0v) is 5.05. The van der Waals surface area contributed by atoms with Crippen LogP contribution in [0.5, 0.6) is 0 Å². The molecule has 0 saturated heterocycles. The minimum Gasteiger partial charge on any atom is -0.368 e. The van der Waals surface area contributed by atoms with Crippen LogP contribution in [0.4, 0.5) is 0 Å². The summed E-state index contributed by atoms with van der Waals surface area (Å²) in [6.45, 7) is 0.402. The SMILES string of the molecule is COCN(C)NC=O. The molecule has 0 fully saturated rings. The Morgan fingerprint density at radius 2 is 2.50 bits per heavy atom. The molecule has 0 spiro atoms. The second-order valence-electron chi connectivity index (χ2n) is 1.36. The van der Waals surface area contributed by atoms with Gasteiger partial charge >= 0.3 is 0 Å². The summed E-state index contributed by atoms with van der Waals surface area (Å²) in [6.07, 6.45) is 0.596. The molecule has 0 aromatic carbocycles. The van der Waals surface area contributed by atoms with E-state index in [-0.39, 0.29) is 0 Å². The summed E-state index contributed by atoms with van der Waals surface area (Å²) in [6, 6.07) is 0. The molecule has 0 aliphatic heterocycles. The van der Waals surface area contributed by atoms with E-state index in [4.69, 9.17) is 0 Å². The van der Waals surface area contributed by atoms with Crippen molar-refractivity contribution < 1.29 is 9.53 Å². The molecule has 0 heterocycles. The van der Waals surface area contributed by atoms with Gasteiger partial charge in [0.1, 0.15) is 6.73 Å². The average molecular weight is 118 g/mol. The molecule has 1 amide bonds. The fourth-order valence-corrected chi connectivity index (χ4v) is 0.321. The Morgan fingerprint density at radius 3 is 2.88 bits per heavy atom. The van der Waals surface area contributed by atoms with Gasteiger partial charge < -0.3 is 4.74 Å². The molecule has 0 aromatic heterocycles. The molecule has 1 N–H and O–H groups in total. The normalized spacial score (nSPS) is 9.38. The van der Waals surface area contributed by atoms with Gasteiger partial charge in [-0.2, -0.15) is 5.01 Å². The van der Waals surface area contributed by atoms with Crippen molar-refractivity contribution in [2.24, 2.45) is 0 Å². The molecule has 0 aliphatic carbocycles. The van der Waals surface area contributed by atoms with Crippen molar-refractivity contribution in [1.29, 1.82) is 0 Å². The quantitative estimate of drug-likeness (QED) is 0.298. The van der Waals surface area contributed by atoms with Gasteiger partial charge in [-0.25, -0.2) is 0 Å². The molecule has 4 nitrogen and oxygen atoms in total. The Labute approximate surface area is 48.4 Å². The molecule has 0 rings (SSSR count). The standard InChI is InChI=1S/C4H10N2O2/c1-6(4-8-2)5-3-7/h3H,4H2,1-2H3,(H,5,7). The van der Waals surface area contributed by atoms with Crippen LogP contribution in [0, 0.1) is 0 Å². The first-order valence-corrected chi connectivity index (χ1v) is 2.21. The van der Waals surface area contributed by atoms with Crippen LogP contribution >= 0.6 is 0 Å². The Kier molecular flexibility index (Phi) is 4.20. The first-order valence-electron chi connectivity index (χ1n) is 2.21. The zero-order chi connectivity index (χ0) is 6.41. The number of nitrogens with zero attached hydrogens (tertiary/aromatic N) is 1. The largest absolute Gasteiger partial charge is 0.368 e. The van der Waals surface area contributed by atoms with Gasteiger partial charge in [-0.1, -0.05) is 0 Å². The third-order valence-corrected chi connectivity index (χ3v) is 0.596. The van der Waals surface area contributed by atoms with Crippen molar-refractivity contribution in [2.75, 3.05) is 20.9 Å². The fraction of sp³-hybridized carbons (Fsp3) is 0.750. The van der Waals surface area contributed by atoms with E-state index in [0.29, 0.717) is 13.1 Å². The third-order valence-electron chi connectivity index (χ3n) is 0.596. The lowest BCUT2D eigenvalue weighted by atomic mass is 11.0. The van der Waals surface area contributed by atoms with Crippen LogP contribution in [-0.2, 0) is 9.53 Å². The van der Waals surface area contributed by atoms with Crippen LogP contribution in [0.3, 0.4) is 0 Å². The molecule has 0 atom stereocenters. The van der Waals surface area contributed by atoms with Crippen molar-refractivity contribution >= 4 is 6.41 Å². The van der Waals surface area contributed by atoms with E-state index in [1.165, 1.54) is 5.01 Å². The molecule has 0 aromatic rings. The third kappa shape index (κ3) is 3.58. The van der Waals surface area contributed by atoms with Crippen molar-refractivity contribution in [3.63, 3.8) is 0 Å². The van der Waals surface area contributed by atoms with Crippen LogP contribution in [0.1, 0.15) is 0 Å². The summed E-state index contributed by atoms with van der Waals surface area (Å²) in [5.41, 5.74) is 2.37. The van der Waals surface area contributed by atoms with Crippen LogP contribution in [0.15, 0.2) is 0 Å². The highest BCUT2D eigenvalue weighted by molar-refractivity contribution is 5.44. The highest BCUT2D eigenvalue weighted by Crippen LogP contribution is 1.69. The first-order chi connectivity index (χ1) is 3.81. The van der Waals surface area contributed by atoms with E-state index in [0.717, 1.165) is 0 Å². The number of methoxy groups -OCH3 is 1. The molecule has 0 saturated carbocycles. The minimum atomic E-state index is 0.402. The number of rotatable bonds is 4. The fourth-order valence-electron chi connectivity index (χ4n) is 0.321. The number of nitrogens with one attached hydrogen (secondary N) is 1. The first kappa shape index (κ1) is 7.39. The maximum Gasteiger partial charge on any atom is 0.221 e. The van der Waals surface area contributed by atoms with Gasteiger partial charge in [-0.3, -0.25) is 10.2 Å². The lowest BCUT2D eigenvalue weighted by molar-refractivity contribution is -0.115. The number of hydrazine groups is 1. The van der Waals surface area contributed by atoms with Crippen LogP contribution in [-0.4, -0.2) is 32.3 Å². The Bertz CT molecular complexity index is 67.1. The predicted octanol–water partition coefficient (Wildman–Crippen LogP) is -0.817. The highest BCUT2D eigenvalue weighted by atomic mass is 16.5. The van der Waals surface area contributed by atoms with Gasteiger partial charge in [0.15, 0.2) is 0 Å².